The predicted molar refractivity (Wildman–Crippen MR) is 76.5 cm³/mol. The fourth-order valence-corrected chi connectivity index (χ4v) is 3.18. The molecule has 0 aliphatic heterocycles. The molecule has 0 amide bonds. The van der Waals surface area contributed by atoms with E-state index in [1.807, 2.05) is 0 Å². The van der Waals surface area contributed by atoms with Crippen LogP contribution < -0.4 is 0 Å². The van der Waals surface area contributed by atoms with Gasteiger partial charge in [-0.1, -0.05) is 23.7 Å². The third-order valence-electron chi connectivity index (χ3n) is 2.92. The van der Waals surface area contributed by atoms with Crippen LogP contribution in [0.5, 0.6) is 0 Å². The van der Waals surface area contributed by atoms with Crippen molar-refractivity contribution >= 4 is 21.6 Å². The van der Waals surface area contributed by atoms with Crippen LogP contribution in [0.25, 0.3) is 0 Å². The number of hydrogen-bond donors (Lipinski definition) is 0. The zero-order valence-corrected chi connectivity index (χ0v) is 12.6. The van der Waals surface area contributed by atoms with Crippen LogP contribution in [0.2, 0.25) is 5.02 Å². The molecule has 0 unspecified atom stereocenters. The van der Waals surface area contributed by atoms with E-state index in [-0.39, 0.29) is 16.5 Å². The van der Waals surface area contributed by atoms with Crippen molar-refractivity contribution in [3.8, 4) is 0 Å². The first kappa shape index (κ1) is 15.9. The maximum Gasteiger partial charge on any atom is 0.243 e. The van der Waals surface area contributed by atoms with Gasteiger partial charge in [0.05, 0.1) is 9.92 Å². The maximum absolute atomic E-state index is 13.1. The SMILES string of the molecule is CN(Cc1ccc(F)cc1)S(=O)(=O)c1ccc(F)c(Cl)c1. The summed E-state index contributed by atoms with van der Waals surface area (Å²) in [6, 6.07) is 8.72. The lowest BCUT2D eigenvalue weighted by molar-refractivity contribution is 0.466. The summed E-state index contributed by atoms with van der Waals surface area (Å²) in [5.41, 5.74) is 0.635. The quantitative estimate of drug-likeness (QED) is 0.860. The number of sulfonamides is 1. The third-order valence-corrected chi connectivity index (χ3v) is 5.01. The minimum Gasteiger partial charge on any atom is -0.207 e. The zero-order chi connectivity index (χ0) is 15.6. The normalized spacial score (nSPS) is 11.9. The van der Waals surface area contributed by atoms with E-state index in [1.54, 1.807) is 0 Å². The van der Waals surface area contributed by atoms with Crippen LogP contribution in [-0.2, 0) is 16.6 Å². The van der Waals surface area contributed by atoms with Gasteiger partial charge in [-0.05, 0) is 35.9 Å². The van der Waals surface area contributed by atoms with E-state index in [0.29, 0.717) is 5.56 Å². The highest BCUT2D eigenvalue weighted by Crippen LogP contribution is 2.22. The van der Waals surface area contributed by atoms with Crippen LogP contribution >= 0.6 is 11.6 Å². The van der Waals surface area contributed by atoms with Crippen LogP contribution in [0.4, 0.5) is 8.78 Å². The fourth-order valence-electron chi connectivity index (χ4n) is 1.75. The number of nitrogens with zero attached hydrogens (tertiary/aromatic N) is 1. The Balaban J connectivity index is 2.25. The molecule has 7 heteroatoms. The second kappa shape index (κ2) is 6.09. The van der Waals surface area contributed by atoms with Crippen molar-refractivity contribution in [1.82, 2.24) is 4.31 Å². The summed E-state index contributed by atoms with van der Waals surface area (Å²) >= 11 is 5.60. The van der Waals surface area contributed by atoms with Gasteiger partial charge < -0.3 is 0 Å². The van der Waals surface area contributed by atoms with Crippen molar-refractivity contribution in [2.24, 2.45) is 0 Å². The average molecular weight is 332 g/mol. The largest absolute Gasteiger partial charge is 0.243 e. The van der Waals surface area contributed by atoms with Gasteiger partial charge in [0.1, 0.15) is 11.6 Å². The van der Waals surface area contributed by atoms with Crippen molar-refractivity contribution in [2.75, 3.05) is 7.05 Å². The fraction of sp³-hybridized carbons (Fsp3) is 0.143. The first-order chi connectivity index (χ1) is 9.80. The Hall–Kier alpha value is -1.50. The molecule has 0 aliphatic rings. The van der Waals surface area contributed by atoms with E-state index >= 15 is 0 Å². The Morgan fingerprint density at radius 1 is 1.10 bits per heavy atom. The van der Waals surface area contributed by atoms with Crippen molar-refractivity contribution in [2.45, 2.75) is 11.4 Å². The third kappa shape index (κ3) is 3.58. The maximum atomic E-state index is 13.1. The van der Waals surface area contributed by atoms with Crippen LogP contribution in [0, 0.1) is 11.6 Å². The second-order valence-electron chi connectivity index (χ2n) is 4.46. The lowest BCUT2D eigenvalue weighted by Crippen LogP contribution is -2.26. The van der Waals surface area contributed by atoms with E-state index < -0.39 is 21.7 Å². The number of benzene rings is 2. The highest BCUT2D eigenvalue weighted by molar-refractivity contribution is 7.89. The summed E-state index contributed by atoms with van der Waals surface area (Å²) in [6.45, 7) is 0.0671. The zero-order valence-electron chi connectivity index (χ0n) is 11.1. The van der Waals surface area contributed by atoms with E-state index in [1.165, 1.54) is 31.3 Å². The lowest BCUT2D eigenvalue weighted by atomic mass is 10.2. The van der Waals surface area contributed by atoms with Gasteiger partial charge in [0.15, 0.2) is 0 Å². The first-order valence-corrected chi connectivity index (χ1v) is 7.78. The molecule has 0 bridgehead atoms. The first-order valence-electron chi connectivity index (χ1n) is 5.96. The van der Waals surface area contributed by atoms with Gasteiger partial charge >= 0.3 is 0 Å². The molecule has 0 radical (unpaired) electrons. The Kier molecular flexibility index (Phi) is 4.61. The van der Waals surface area contributed by atoms with E-state index in [0.717, 1.165) is 22.5 Å². The van der Waals surface area contributed by atoms with Crippen LogP contribution in [-0.4, -0.2) is 19.8 Å². The summed E-state index contributed by atoms with van der Waals surface area (Å²) in [4.78, 5) is -0.0986. The molecule has 0 N–H and O–H groups in total. The van der Waals surface area contributed by atoms with Gasteiger partial charge in [0.2, 0.25) is 10.0 Å². The molecule has 0 atom stereocenters. The van der Waals surface area contributed by atoms with Gasteiger partial charge in [0.25, 0.3) is 0 Å². The molecular weight excluding hydrogens is 320 g/mol. The van der Waals surface area contributed by atoms with Crippen LogP contribution in [0.1, 0.15) is 5.56 Å². The molecule has 0 spiro atoms. The highest BCUT2D eigenvalue weighted by atomic mass is 35.5. The average Bonchev–Trinajstić information content (AvgIpc) is 2.44. The molecule has 3 nitrogen and oxygen atoms in total. The molecule has 0 aromatic heterocycles. The predicted octanol–water partition coefficient (Wildman–Crippen LogP) is 3.44. The van der Waals surface area contributed by atoms with Gasteiger partial charge in [0, 0.05) is 13.6 Å². The molecule has 2 rings (SSSR count). The summed E-state index contributed by atoms with van der Waals surface area (Å²) in [5, 5.41) is -0.258. The van der Waals surface area contributed by atoms with Gasteiger partial charge in [-0.15, -0.1) is 0 Å². The Morgan fingerprint density at radius 2 is 1.71 bits per heavy atom. The van der Waals surface area contributed by atoms with E-state index in [2.05, 4.69) is 0 Å². The molecule has 112 valence electrons. The van der Waals surface area contributed by atoms with Gasteiger partial charge in [-0.3, -0.25) is 0 Å². The van der Waals surface area contributed by atoms with E-state index in [9.17, 15) is 17.2 Å². The molecular formula is C14H12ClF2NO2S. The van der Waals surface area contributed by atoms with Crippen molar-refractivity contribution < 1.29 is 17.2 Å². The summed E-state index contributed by atoms with van der Waals surface area (Å²) in [7, 11) is -2.41. The Labute approximate surface area is 126 Å². The topological polar surface area (TPSA) is 37.4 Å². The van der Waals surface area contributed by atoms with Gasteiger partial charge in [-0.25, -0.2) is 17.2 Å². The van der Waals surface area contributed by atoms with Crippen molar-refractivity contribution in [1.29, 1.82) is 0 Å². The van der Waals surface area contributed by atoms with Crippen LogP contribution in [0.3, 0.4) is 0 Å². The highest BCUT2D eigenvalue weighted by Gasteiger charge is 2.22. The molecule has 0 saturated heterocycles. The second-order valence-corrected chi connectivity index (χ2v) is 6.92. The minimum absolute atomic E-state index is 0.0671. The molecule has 0 fully saturated rings. The summed E-state index contributed by atoms with van der Waals surface area (Å²) < 4.78 is 51.7. The number of halogens is 3. The lowest BCUT2D eigenvalue weighted by Gasteiger charge is -2.17. The molecule has 2 aromatic carbocycles. The minimum atomic E-state index is -3.80. The Morgan fingerprint density at radius 3 is 2.29 bits per heavy atom. The summed E-state index contributed by atoms with van der Waals surface area (Å²) in [5.74, 6) is -1.08. The smallest absolute Gasteiger partial charge is 0.207 e. The monoisotopic (exact) mass is 331 g/mol. The molecule has 2 aromatic rings. The molecule has 0 heterocycles. The van der Waals surface area contributed by atoms with Crippen molar-refractivity contribution in [3.05, 3.63) is 64.7 Å². The molecule has 0 saturated carbocycles. The molecule has 0 aliphatic carbocycles. The van der Waals surface area contributed by atoms with Crippen molar-refractivity contribution in [3.63, 3.8) is 0 Å². The number of hydrogen-bond acceptors (Lipinski definition) is 2. The standard InChI is InChI=1S/C14H12ClF2NO2S/c1-18(9-10-2-4-11(16)5-3-10)21(19,20)12-6-7-14(17)13(15)8-12/h2-8H,9H2,1H3. The van der Waals surface area contributed by atoms with Gasteiger partial charge in [-0.2, -0.15) is 4.31 Å². The molecule has 21 heavy (non-hydrogen) atoms. The summed E-state index contributed by atoms with van der Waals surface area (Å²) in [6.07, 6.45) is 0. The van der Waals surface area contributed by atoms with E-state index in [4.69, 9.17) is 11.6 Å². The van der Waals surface area contributed by atoms with Crippen LogP contribution in [0.15, 0.2) is 47.4 Å². The Bertz CT molecular complexity index is 748. The number of rotatable bonds is 4.